The smallest absolute Gasteiger partial charge is 0.165 e. The van der Waals surface area contributed by atoms with Crippen molar-refractivity contribution in [1.82, 2.24) is 10.4 Å². The van der Waals surface area contributed by atoms with Crippen LogP contribution in [-0.4, -0.2) is 12.1 Å². The number of hydrazine groups is 1. The van der Waals surface area contributed by atoms with E-state index in [4.69, 9.17) is 10.6 Å². The summed E-state index contributed by atoms with van der Waals surface area (Å²) >= 11 is 3.37. The van der Waals surface area contributed by atoms with E-state index in [2.05, 4.69) is 26.3 Å². The number of nitrogens with one attached hydrogen (secondary N) is 1. The minimum atomic E-state index is -0.405. The van der Waals surface area contributed by atoms with Gasteiger partial charge in [-0.25, -0.2) is 4.39 Å². The number of methoxy groups -OCH3 is 1. The van der Waals surface area contributed by atoms with Crippen LogP contribution < -0.4 is 16.0 Å². The van der Waals surface area contributed by atoms with Gasteiger partial charge in [0.25, 0.3) is 0 Å². The van der Waals surface area contributed by atoms with E-state index in [0.717, 1.165) is 15.6 Å². The molecule has 106 valence electrons. The predicted octanol–water partition coefficient (Wildman–Crippen LogP) is 2.74. The van der Waals surface area contributed by atoms with E-state index in [0.29, 0.717) is 6.42 Å². The van der Waals surface area contributed by atoms with E-state index < -0.39 is 5.82 Å². The first-order valence-corrected chi connectivity index (χ1v) is 6.82. The van der Waals surface area contributed by atoms with E-state index in [9.17, 15) is 4.39 Å². The maximum Gasteiger partial charge on any atom is 0.165 e. The average Bonchev–Trinajstić information content (AvgIpc) is 2.44. The minimum Gasteiger partial charge on any atom is -0.494 e. The van der Waals surface area contributed by atoms with Gasteiger partial charge in [-0.1, -0.05) is 6.07 Å². The van der Waals surface area contributed by atoms with E-state index >= 15 is 0 Å². The van der Waals surface area contributed by atoms with Crippen LogP contribution in [0.2, 0.25) is 0 Å². The number of aromatic nitrogens is 1. The number of pyridine rings is 1. The molecule has 1 unspecified atom stereocenters. The van der Waals surface area contributed by atoms with Gasteiger partial charge in [-0.05, 0) is 51.7 Å². The number of ether oxygens (including phenoxy) is 1. The van der Waals surface area contributed by atoms with Gasteiger partial charge in [0, 0.05) is 16.9 Å². The molecule has 0 amide bonds. The molecule has 1 atom stereocenters. The van der Waals surface area contributed by atoms with Gasteiger partial charge in [-0.3, -0.25) is 16.3 Å². The second-order valence-electron chi connectivity index (χ2n) is 4.33. The number of benzene rings is 1. The number of nitrogens with two attached hydrogens (primary N) is 1. The van der Waals surface area contributed by atoms with Crippen LogP contribution in [0.3, 0.4) is 0 Å². The molecule has 6 heteroatoms. The molecule has 0 aliphatic heterocycles. The number of hydrogen-bond acceptors (Lipinski definition) is 4. The molecule has 0 saturated heterocycles. The summed E-state index contributed by atoms with van der Waals surface area (Å²) in [4.78, 5) is 4.10. The highest BCUT2D eigenvalue weighted by Crippen LogP contribution is 2.24. The molecule has 2 rings (SSSR count). The van der Waals surface area contributed by atoms with Crippen LogP contribution in [0.25, 0.3) is 0 Å². The first-order chi connectivity index (χ1) is 9.63. The van der Waals surface area contributed by atoms with Crippen molar-refractivity contribution in [1.29, 1.82) is 0 Å². The van der Waals surface area contributed by atoms with E-state index in [-0.39, 0.29) is 11.8 Å². The molecule has 0 bridgehead atoms. The van der Waals surface area contributed by atoms with Crippen molar-refractivity contribution in [3.8, 4) is 5.75 Å². The Hall–Kier alpha value is -1.50. The number of nitrogens with zero attached hydrogens (tertiary/aromatic N) is 1. The quantitative estimate of drug-likeness (QED) is 0.649. The first kappa shape index (κ1) is 14.9. The highest BCUT2D eigenvalue weighted by molar-refractivity contribution is 9.10. The van der Waals surface area contributed by atoms with Crippen LogP contribution in [-0.2, 0) is 6.42 Å². The molecule has 0 saturated carbocycles. The van der Waals surface area contributed by atoms with Crippen molar-refractivity contribution in [2.45, 2.75) is 12.5 Å². The summed E-state index contributed by atoms with van der Waals surface area (Å²) in [6.45, 7) is 0. The van der Waals surface area contributed by atoms with Gasteiger partial charge in [0.15, 0.2) is 11.6 Å². The summed E-state index contributed by atoms with van der Waals surface area (Å²) in [6.07, 6.45) is 4.07. The van der Waals surface area contributed by atoms with Gasteiger partial charge in [0.1, 0.15) is 0 Å². The maximum atomic E-state index is 13.7. The lowest BCUT2D eigenvalue weighted by Gasteiger charge is -2.17. The average molecular weight is 340 g/mol. The van der Waals surface area contributed by atoms with Crippen molar-refractivity contribution in [2.24, 2.45) is 5.84 Å². The molecule has 20 heavy (non-hydrogen) atoms. The van der Waals surface area contributed by atoms with Crippen LogP contribution in [0, 0.1) is 5.82 Å². The summed E-state index contributed by atoms with van der Waals surface area (Å²) in [6, 6.07) is 6.56. The monoisotopic (exact) mass is 339 g/mol. The molecule has 1 heterocycles. The molecule has 2 aromatic rings. The zero-order chi connectivity index (χ0) is 14.5. The molecule has 0 fully saturated rings. The lowest BCUT2D eigenvalue weighted by molar-refractivity contribution is 0.385. The maximum absolute atomic E-state index is 13.7. The molecule has 1 aromatic heterocycles. The zero-order valence-electron chi connectivity index (χ0n) is 10.9. The second-order valence-corrected chi connectivity index (χ2v) is 5.24. The predicted molar refractivity (Wildman–Crippen MR) is 78.7 cm³/mol. The Labute approximate surface area is 125 Å². The highest BCUT2D eigenvalue weighted by Gasteiger charge is 2.13. The van der Waals surface area contributed by atoms with Gasteiger partial charge >= 0.3 is 0 Å². The Bertz CT molecular complexity index is 594. The van der Waals surface area contributed by atoms with Crippen LogP contribution in [0.4, 0.5) is 4.39 Å². The number of rotatable bonds is 5. The molecule has 0 aliphatic rings. The van der Waals surface area contributed by atoms with Crippen molar-refractivity contribution in [2.75, 3.05) is 7.11 Å². The van der Waals surface area contributed by atoms with Crippen molar-refractivity contribution >= 4 is 15.9 Å². The fourth-order valence-electron chi connectivity index (χ4n) is 1.98. The molecule has 0 radical (unpaired) electrons. The third-order valence-electron chi connectivity index (χ3n) is 2.98. The topological polar surface area (TPSA) is 60.2 Å². The third-order valence-corrected chi connectivity index (χ3v) is 3.41. The van der Waals surface area contributed by atoms with Gasteiger partial charge in [-0.2, -0.15) is 0 Å². The molecule has 4 nitrogen and oxygen atoms in total. The van der Waals surface area contributed by atoms with Crippen LogP contribution in [0.15, 0.2) is 41.1 Å². The molecule has 3 N–H and O–H groups in total. The Kier molecular flexibility index (Phi) is 5.05. The van der Waals surface area contributed by atoms with Crippen molar-refractivity contribution in [3.05, 3.63) is 58.1 Å². The van der Waals surface area contributed by atoms with Crippen LogP contribution >= 0.6 is 15.9 Å². The summed E-state index contributed by atoms with van der Waals surface area (Å²) < 4.78 is 19.5. The summed E-state index contributed by atoms with van der Waals surface area (Å²) in [5.41, 5.74) is 4.45. The molecule has 0 aliphatic carbocycles. The molecule has 1 aromatic carbocycles. The Balaban J connectivity index is 2.22. The summed E-state index contributed by atoms with van der Waals surface area (Å²) in [5, 5.41) is 0. The SMILES string of the molecule is COc1ccc(C(Cc2cncc(Br)c2)NN)cc1F. The van der Waals surface area contributed by atoms with E-state index in [1.54, 1.807) is 24.5 Å². The molecule has 0 spiro atoms. The van der Waals surface area contributed by atoms with E-state index in [1.807, 2.05) is 6.07 Å². The van der Waals surface area contributed by atoms with Crippen molar-refractivity contribution in [3.63, 3.8) is 0 Å². The fraction of sp³-hybridized carbons (Fsp3) is 0.214. The standard InChI is InChI=1S/C14H15BrFN3O/c1-20-14-3-2-10(6-12(14)16)13(19-17)5-9-4-11(15)8-18-7-9/h2-4,6-8,13,19H,5,17H2,1H3. The van der Waals surface area contributed by atoms with Gasteiger partial charge in [0.2, 0.25) is 0 Å². The van der Waals surface area contributed by atoms with Crippen molar-refractivity contribution < 1.29 is 9.13 Å². The molecular weight excluding hydrogens is 325 g/mol. The van der Waals surface area contributed by atoms with Gasteiger partial charge < -0.3 is 4.74 Å². The lowest BCUT2D eigenvalue weighted by atomic mass is 10.00. The third kappa shape index (κ3) is 3.53. The highest BCUT2D eigenvalue weighted by atomic mass is 79.9. The number of hydrogen-bond donors (Lipinski definition) is 2. The van der Waals surface area contributed by atoms with Gasteiger partial charge in [0.05, 0.1) is 13.2 Å². The van der Waals surface area contributed by atoms with E-state index in [1.165, 1.54) is 13.2 Å². The normalized spacial score (nSPS) is 12.2. The second kappa shape index (κ2) is 6.78. The molecular formula is C14H15BrFN3O. The van der Waals surface area contributed by atoms with Gasteiger partial charge in [-0.15, -0.1) is 0 Å². The Morgan fingerprint density at radius 2 is 2.20 bits per heavy atom. The van der Waals surface area contributed by atoms with Crippen LogP contribution in [0.1, 0.15) is 17.2 Å². The Morgan fingerprint density at radius 3 is 2.80 bits per heavy atom. The first-order valence-electron chi connectivity index (χ1n) is 6.03. The summed E-state index contributed by atoms with van der Waals surface area (Å²) in [7, 11) is 1.43. The summed E-state index contributed by atoms with van der Waals surface area (Å²) in [5.74, 6) is 5.39. The number of halogens is 2. The fourth-order valence-corrected chi connectivity index (χ4v) is 2.39. The lowest BCUT2D eigenvalue weighted by Crippen LogP contribution is -2.29. The largest absolute Gasteiger partial charge is 0.494 e. The minimum absolute atomic E-state index is 0.202. The van der Waals surface area contributed by atoms with Crippen LogP contribution in [0.5, 0.6) is 5.75 Å². The zero-order valence-corrected chi connectivity index (χ0v) is 12.5. The Morgan fingerprint density at radius 1 is 1.40 bits per heavy atom.